The Morgan fingerprint density at radius 3 is 2.47 bits per heavy atom. The Kier molecular flexibility index (Phi) is 5.20. The minimum Gasteiger partial charge on any atom is -0.444 e. The predicted molar refractivity (Wildman–Crippen MR) is 73.9 cm³/mol. The highest BCUT2D eigenvalue weighted by atomic mass is 16.6. The molecular formula is C14H26N2O3. The Morgan fingerprint density at radius 2 is 1.95 bits per heavy atom. The molecule has 0 radical (unpaired) electrons. The molecule has 1 N–H and O–H groups in total. The second kappa shape index (κ2) is 6.26. The molecule has 1 aliphatic rings. The zero-order valence-electron chi connectivity index (χ0n) is 12.7. The largest absolute Gasteiger partial charge is 0.444 e. The first-order valence-corrected chi connectivity index (χ1v) is 7.00. The van der Waals surface area contributed by atoms with E-state index in [9.17, 15) is 9.59 Å². The van der Waals surface area contributed by atoms with E-state index >= 15 is 0 Å². The molecule has 0 aromatic heterocycles. The van der Waals surface area contributed by atoms with E-state index in [-0.39, 0.29) is 11.9 Å². The highest BCUT2D eigenvalue weighted by molar-refractivity contribution is 5.85. The van der Waals surface area contributed by atoms with Gasteiger partial charge in [-0.1, -0.05) is 0 Å². The summed E-state index contributed by atoms with van der Waals surface area (Å²) in [6.07, 6.45) is 2.69. The van der Waals surface area contributed by atoms with E-state index in [1.54, 1.807) is 27.7 Å². The zero-order chi connectivity index (χ0) is 14.6. The van der Waals surface area contributed by atoms with Crippen molar-refractivity contribution in [1.82, 2.24) is 10.2 Å². The molecule has 0 aliphatic carbocycles. The summed E-state index contributed by atoms with van der Waals surface area (Å²) in [5, 5.41) is 2.60. The van der Waals surface area contributed by atoms with Crippen LogP contribution in [0.15, 0.2) is 0 Å². The second-order valence-corrected chi connectivity index (χ2v) is 6.24. The fourth-order valence-electron chi connectivity index (χ4n) is 2.22. The summed E-state index contributed by atoms with van der Waals surface area (Å²) in [6.45, 7) is 9.93. The molecule has 5 nitrogen and oxygen atoms in total. The number of nitrogens with one attached hydrogen (secondary N) is 1. The Bertz CT molecular complexity index is 336. The maximum Gasteiger partial charge on any atom is 0.408 e. The molecule has 2 amide bonds. The van der Waals surface area contributed by atoms with Crippen LogP contribution in [-0.4, -0.2) is 41.1 Å². The fraction of sp³-hybridized carbons (Fsp3) is 0.857. The molecule has 1 aliphatic heterocycles. The number of piperidine rings is 1. The molecule has 0 unspecified atom stereocenters. The van der Waals surface area contributed by atoms with E-state index in [4.69, 9.17) is 4.74 Å². The summed E-state index contributed by atoms with van der Waals surface area (Å²) in [6, 6.07) is -0.292. The molecule has 0 aromatic carbocycles. The lowest BCUT2D eigenvalue weighted by atomic mass is 10.0. The number of likely N-dealkylation sites (tertiary alicyclic amines) is 1. The number of rotatable bonds is 2. The van der Waals surface area contributed by atoms with Crippen molar-refractivity contribution < 1.29 is 14.3 Å². The van der Waals surface area contributed by atoms with Gasteiger partial charge >= 0.3 is 6.09 Å². The molecule has 1 saturated heterocycles. The van der Waals surface area contributed by atoms with Crippen LogP contribution in [0.2, 0.25) is 0 Å². The van der Waals surface area contributed by atoms with Gasteiger partial charge < -0.3 is 15.0 Å². The van der Waals surface area contributed by atoms with E-state index in [1.807, 2.05) is 4.90 Å². The Morgan fingerprint density at radius 1 is 1.32 bits per heavy atom. The summed E-state index contributed by atoms with van der Waals surface area (Å²) in [4.78, 5) is 25.8. The summed E-state index contributed by atoms with van der Waals surface area (Å²) in [7, 11) is 0. The number of carbonyl (C=O) groups excluding carboxylic acids is 2. The molecule has 0 bridgehead atoms. The van der Waals surface area contributed by atoms with Crippen molar-refractivity contribution in [2.75, 3.05) is 6.54 Å². The molecule has 0 aromatic rings. The van der Waals surface area contributed by atoms with Crippen molar-refractivity contribution in [3.05, 3.63) is 0 Å². The second-order valence-electron chi connectivity index (χ2n) is 6.24. The number of alkyl carbamates (subject to hydrolysis) is 1. The zero-order valence-corrected chi connectivity index (χ0v) is 12.7. The van der Waals surface area contributed by atoms with E-state index in [2.05, 4.69) is 12.2 Å². The van der Waals surface area contributed by atoms with Crippen molar-refractivity contribution in [2.45, 2.75) is 71.6 Å². The van der Waals surface area contributed by atoms with Gasteiger partial charge in [0.1, 0.15) is 11.6 Å². The van der Waals surface area contributed by atoms with Crippen LogP contribution in [0, 0.1) is 0 Å². The molecule has 1 fully saturated rings. The first kappa shape index (κ1) is 15.8. The minimum absolute atomic E-state index is 0.0296. The Hall–Kier alpha value is -1.26. The summed E-state index contributed by atoms with van der Waals surface area (Å²) >= 11 is 0. The smallest absolute Gasteiger partial charge is 0.408 e. The van der Waals surface area contributed by atoms with E-state index < -0.39 is 17.7 Å². The Labute approximate surface area is 115 Å². The van der Waals surface area contributed by atoms with Crippen molar-refractivity contribution in [3.8, 4) is 0 Å². The first-order chi connectivity index (χ1) is 8.70. The summed E-state index contributed by atoms with van der Waals surface area (Å²) in [5.74, 6) is -0.0296. The molecule has 1 heterocycles. The van der Waals surface area contributed by atoms with Crippen molar-refractivity contribution in [1.29, 1.82) is 0 Å². The number of amides is 2. The average molecular weight is 270 g/mol. The highest BCUT2D eigenvalue weighted by Crippen LogP contribution is 2.17. The molecule has 0 spiro atoms. The van der Waals surface area contributed by atoms with E-state index in [0.29, 0.717) is 0 Å². The number of hydrogen-bond acceptors (Lipinski definition) is 3. The van der Waals surface area contributed by atoms with E-state index in [0.717, 1.165) is 19.4 Å². The van der Waals surface area contributed by atoms with Crippen molar-refractivity contribution in [3.63, 3.8) is 0 Å². The number of ether oxygens (including phenoxy) is 1. The number of nitrogens with zero attached hydrogens (tertiary/aromatic N) is 1. The van der Waals surface area contributed by atoms with Gasteiger partial charge in [0.15, 0.2) is 0 Å². The van der Waals surface area contributed by atoms with Gasteiger partial charge in [0.05, 0.1) is 0 Å². The van der Waals surface area contributed by atoms with Crippen LogP contribution in [0.25, 0.3) is 0 Å². The highest BCUT2D eigenvalue weighted by Gasteiger charge is 2.28. The van der Waals surface area contributed by atoms with Gasteiger partial charge in [-0.3, -0.25) is 4.79 Å². The maximum atomic E-state index is 12.3. The van der Waals surface area contributed by atoms with Crippen LogP contribution in [0.4, 0.5) is 4.79 Å². The van der Waals surface area contributed by atoms with Crippen LogP contribution in [0.5, 0.6) is 0 Å². The van der Waals surface area contributed by atoms with Gasteiger partial charge in [0.25, 0.3) is 0 Å². The topological polar surface area (TPSA) is 58.6 Å². The average Bonchev–Trinajstić information content (AvgIpc) is 2.26. The molecule has 0 saturated carbocycles. The first-order valence-electron chi connectivity index (χ1n) is 7.00. The molecule has 2 atom stereocenters. The minimum atomic E-state index is -0.550. The fourth-order valence-corrected chi connectivity index (χ4v) is 2.22. The van der Waals surface area contributed by atoms with Crippen LogP contribution in [0.3, 0.4) is 0 Å². The van der Waals surface area contributed by atoms with Gasteiger partial charge in [-0.05, 0) is 53.9 Å². The third-order valence-electron chi connectivity index (χ3n) is 3.19. The lowest BCUT2D eigenvalue weighted by Crippen LogP contribution is -2.52. The van der Waals surface area contributed by atoms with Gasteiger partial charge in [-0.15, -0.1) is 0 Å². The molecule has 1 rings (SSSR count). The molecule has 5 heteroatoms. The third kappa shape index (κ3) is 5.09. The normalized spacial score (nSPS) is 21.7. The van der Waals surface area contributed by atoms with Gasteiger partial charge in [-0.2, -0.15) is 0 Å². The lowest BCUT2D eigenvalue weighted by Gasteiger charge is -2.35. The quantitative estimate of drug-likeness (QED) is 0.837. The van der Waals surface area contributed by atoms with E-state index in [1.165, 1.54) is 6.42 Å². The molecular weight excluding hydrogens is 244 g/mol. The Balaban J connectivity index is 2.50. The van der Waals surface area contributed by atoms with Crippen LogP contribution >= 0.6 is 0 Å². The van der Waals surface area contributed by atoms with Crippen molar-refractivity contribution in [2.24, 2.45) is 0 Å². The predicted octanol–water partition coefficient (Wildman–Crippen LogP) is 2.30. The molecule has 110 valence electrons. The molecule has 19 heavy (non-hydrogen) atoms. The number of carbonyl (C=O) groups is 2. The maximum absolute atomic E-state index is 12.3. The van der Waals surface area contributed by atoms with Crippen LogP contribution in [-0.2, 0) is 9.53 Å². The van der Waals surface area contributed by atoms with Crippen LogP contribution < -0.4 is 5.32 Å². The number of hydrogen-bond donors (Lipinski definition) is 1. The summed E-state index contributed by atoms with van der Waals surface area (Å²) in [5.41, 5.74) is -0.550. The van der Waals surface area contributed by atoms with Crippen molar-refractivity contribution >= 4 is 12.0 Å². The third-order valence-corrected chi connectivity index (χ3v) is 3.19. The SMILES string of the molecule is C[C@H](NC(=O)OC(C)(C)C)C(=O)N1CCCC[C@H]1C. The lowest BCUT2D eigenvalue weighted by molar-refractivity contribution is -0.136. The summed E-state index contributed by atoms with van der Waals surface area (Å²) < 4.78 is 5.15. The standard InChI is InChI=1S/C14H26N2O3/c1-10-8-6-7-9-16(10)12(17)11(2)15-13(18)19-14(3,4)5/h10-11H,6-9H2,1-5H3,(H,15,18)/t10-,11+/m1/s1. The van der Waals surface area contributed by atoms with Gasteiger partial charge in [0, 0.05) is 12.6 Å². The monoisotopic (exact) mass is 270 g/mol. The van der Waals surface area contributed by atoms with Gasteiger partial charge in [-0.25, -0.2) is 4.79 Å². The van der Waals surface area contributed by atoms with Gasteiger partial charge in [0.2, 0.25) is 5.91 Å². The van der Waals surface area contributed by atoms with Crippen LogP contribution in [0.1, 0.15) is 53.9 Å².